The van der Waals surface area contributed by atoms with E-state index in [4.69, 9.17) is 4.74 Å². The summed E-state index contributed by atoms with van der Waals surface area (Å²) in [5, 5.41) is 6.42. The number of para-hydroxylation sites is 1. The normalized spacial score (nSPS) is 20.4. The molecule has 24 heavy (non-hydrogen) atoms. The van der Waals surface area contributed by atoms with Gasteiger partial charge in [-0.25, -0.2) is 0 Å². The first-order valence-electron chi connectivity index (χ1n) is 8.53. The van der Waals surface area contributed by atoms with E-state index in [2.05, 4.69) is 17.6 Å². The van der Waals surface area contributed by atoms with Gasteiger partial charge in [-0.1, -0.05) is 30.3 Å². The zero-order valence-corrected chi connectivity index (χ0v) is 14.0. The molecular weight excluding hydrogens is 300 g/mol. The van der Waals surface area contributed by atoms with Crippen LogP contribution in [-0.4, -0.2) is 18.5 Å². The Labute approximate surface area is 143 Å². The first kappa shape index (κ1) is 16.5. The molecule has 1 amide bonds. The summed E-state index contributed by atoms with van der Waals surface area (Å²) in [4.78, 5) is 12.3. The number of ether oxygens (including phenoxy) is 1. The lowest BCUT2D eigenvalue weighted by atomic mass is 9.92. The minimum Gasteiger partial charge on any atom is -0.457 e. The number of hydrogen-bond acceptors (Lipinski definition) is 3. The molecule has 4 nitrogen and oxygen atoms in total. The first-order chi connectivity index (χ1) is 11.7. The molecular formula is C20H24N2O2. The molecule has 2 atom stereocenters. The molecule has 0 unspecified atom stereocenters. The Bertz CT molecular complexity index is 655. The van der Waals surface area contributed by atoms with E-state index >= 15 is 0 Å². The van der Waals surface area contributed by atoms with Crippen molar-refractivity contribution in [3.8, 4) is 11.5 Å². The predicted molar refractivity (Wildman–Crippen MR) is 95.0 cm³/mol. The van der Waals surface area contributed by atoms with Gasteiger partial charge in [-0.2, -0.15) is 0 Å². The van der Waals surface area contributed by atoms with Gasteiger partial charge in [0.1, 0.15) is 11.5 Å². The summed E-state index contributed by atoms with van der Waals surface area (Å²) in [6, 6.07) is 18.0. The summed E-state index contributed by atoms with van der Waals surface area (Å²) < 4.78 is 5.77. The van der Waals surface area contributed by atoms with Crippen LogP contribution in [-0.2, 0) is 11.3 Å². The molecule has 0 aromatic heterocycles. The maximum atomic E-state index is 12.3. The van der Waals surface area contributed by atoms with E-state index in [-0.39, 0.29) is 11.8 Å². The maximum Gasteiger partial charge on any atom is 0.223 e. The van der Waals surface area contributed by atoms with Crippen molar-refractivity contribution in [2.24, 2.45) is 5.92 Å². The van der Waals surface area contributed by atoms with Gasteiger partial charge in [-0.15, -0.1) is 0 Å². The van der Waals surface area contributed by atoms with Crippen LogP contribution < -0.4 is 15.4 Å². The molecule has 2 N–H and O–H groups in total. The average molecular weight is 324 g/mol. The van der Waals surface area contributed by atoms with Crippen LogP contribution in [0, 0.1) is 5.92 Å². The van der Waals surface area contributed by atoms with E-state index in [1.807, 2.05) is 54.6 Å². The van der Waals surface area contributed by atoms with Crippen molar-refractivity contribution >= 4 is 5.91 Å². The molecule has 2 aromatic carbocycles. The summed E-state index contributed by atoms with van der Waals surface area (Å²) in [6.07, 6.45) is 1.83. The summed E-state index contributed by atoms with van der Waals surface area (Å²) in [5.41, 5.74) is 1.07. The Morgan fingerprint density at radius 3 is 2.54 bits per heavy atom. The molecule has 1 aliphatic rings. The van der Waals surface area contributed by atoms with Gasteiger partial charge >= 0.3 is 0 Å². The van der Waals surface area contributed by atoms with Crippen LogP contribution in [0.2, 0.25) is 0 Å². The van der Waals surface area contributed by atoms with Crippen molar-refractivity contribution in [3.05, 3.63) is 60.2 Å². The number of amides is 1. The Morgan fingerprint density at radius 1 is 1.12 bits per heavy atom. The van der Waals surface area contributed by atoms with E-state index in [1.54, 1.807) is 0 Å². The highest BCUT2D eigenvalue weighted by Gasteiger charge is 2.24. The molecule has 0 aliphatic carbocycles. The molecule has 3 rings (SSSR count). The van der Waals surface area contributed by atoms with Crippen LogP contribution in [0.1, 0.15) is 25.3 Å². The van der Waals surface area contributed by atoms with Gasteiger partial charge in [0.05, 0.1) is 0 Å². The van der Waals surface area contributed by atoms with Crippen molar-refractivity contribution < 1.29 is 9.53 Å². The lowest BCUT2D eigenvalue weighted by Crippen LogP contribution is -2.42. The Hall–Kier alpha value is -2.33. The highest BCUT2D eigenvalue weighted by Crippen LogP contribution is 2.21. The van der Waals surface area contributed by atoms with Gasteiger partial charge in [-0.3, -0.25) is 4.79 Å². The molecule has 1 aliphatic heterocycles. The van der Waals surface area contributed by atoms with E-state index in [0.717, 1.165) is 36.4 Å². The van der Waals surface area contributed by atoms with Crippen LogP contribution in [0.5, 0.6) is 11.5 Å². The van der Waals surface area contributed by atoms with Crippen LogP contribution >= 0.6 is 0 Å². The van der Waals surface area contributed by atoms with Crippen LogP contribution in [0.3, 0.4) is 0 Å². The predicted octanol–water partition coefficient (Wildman–Crippen LogP) is 3.48. The van der Waals surface area contributed by atoms with Gasteiger partial charge in [0.2, 0.25) is 5.91 Å². The fourth-order valence-corrected chi connectivity index (χ4v) is 3.00. The average Bonchev–Trinajstić information content (AvgIpc) is 2.62. The minimum atomic E-state index is 0.127. The summed E-state index contributed by atoms with van der Waals surface area (Å²) in [6.45, 7) is 3.61. The van der Waals surface area contributed by atoms with E-state index < -0.39 is 0 Å². The molecule has 1 saturated heterocycles. The summed E-state index contributed by atoms with van der Waals surface area (Å²) in [5.74, 6) is 1.90. The number of piperidine rings is 1. The first-order valence-corrected chi connectivity index (χ1v) is 8.53. The molecule has 2 aromatic rings. The molecule has 0 saturated carbocycles. The standard InChI is InChI=1S/C20H24N2O2/c1-15-13-17(11-12-21-15)20(23)22-14-16-7-9-19(10-8-16)24-18-5-3-2-4-6-18/h2-10,15,17,21H,11-14H2,1H3,(H,22,23)/t15-,17-/m0/s1. The lowest BCUT2D eigenvalue weighted by Gasteiger charge is -2.27. The Balaban J connectivity index is 1.50. The van der Waals surface area contributed by atoms with Crippen molar-refractivity contribution in [1.29, 1.82) is 0 Å². The van der Waals surface area contributed by atoms with Crippen LogP contribution in [0.4, 0.5) is 0 Å². The maximum absolute atomic E-state index is 12.3. The fraction of sp³-hybridized carbons (Fsp3) is 0.350. The quantitative estimate of drug-likeness (QED) is 0.885. The third-order valence-corrected chi connectivity index (χ3v) is 4.36. The van der Waals surface area contributed by atoms with Gasteiger partial charge in [0.25, 0.3) is 0 Å². The second kappa shape index (κ2) is 7.97. The second-order valence-electron chi connectivity index (χ2n) is 6.35. The Morgan fingerprint density at radius 2 is 1.83 bits per heavy atom. The largest absolute Gasteiger partial charge is 0.457 e. The van der Waals surface area contributed by atoms with Crippen LogP contribution in [0.15, 0.2) is 54.6 Å². The molecule has 0 spiro atoms. The summed E-state index contributed by atoms with van der Waals surface area (Å²) in [7, 11) is 0. The van der Waals surface area contributed by atoms with Crippen molar-refractivity contribution in [1.82, 2.24) is 10.6 Å². The molecule has 126 valence electrons. The molecule has 0 bridgehead atoms. The molecule has 4 heteroatoms. The lowest BCUT2D eigenvalue weighted by molar-refractivity contribution is -0.126. The van der Waals surface area contributed by atoms with Crippen molar-refractivity contribution in [2.45, 2.75) is 32.4 Å². The second-order valence-corrected chi connectivity index (χ2v) is 6.35. The number of benzene rings is 2. The SMILES string of the molecule is C[C@H]1C[C@@H](C(=O)NCc2ccc(Oc3ccccc3)cc2)CCN1. The van der Waals surface area contributed by atoms with E-state index in [9.17, 15) is 4.79 Å². The highest BCUT2D eigenvalue weighted by molar-refractivity contribution is 5.78. The zero-order valence-electron chi connectivity index (χ0n) is 14.0. The monoisotopic (exact) mass is 324 g/mol. The van der Waals surface area contributed by atoms with Crippen molar-refractivity contribution in [3.63, 3.8) is 0 Å². The minimum absolute atomic E-state index is 0.127. The molecule has 1 heterocycles. The third kappa shape index (κ3) is 4.59. The van der Waals surface area contributed by atoms with Crippen molar-refractivity contribution in [2.75, 3.05) is 6.54 Å². The number of carbonyl (C=O) groups is 1. The molecule has 0 radical (unpaired) electrons. The smallest absolute Gasteiger partial charge is 0.223 e. The zero-order chi connectivity index (χ0) is 16.8. The van der Waals surface area contributed by atoms with Crippen LogP contribution in [0.25, 0.3) is 0 Å². The summed E-state index contributed by atoms with van der Waals surface area (Å²) >= 11 is 0. The van der Waals surface area contributed by atoms with Gasteiger partial charge < -0.3 is 15.4 Å². The number of nitrogens with one attached hydrogen (secondary N) is 2. The number of rotatable bonds is 5. The molecule has 1 fully saturated rings. The van der Waals surface area contributed by atoms with Gasteiger partial charge in [0.15, 0.2) is 0 Å². The Kier molecular flexibility index (Phi) is 5.49. The number of carbonyl (C=O) groups excluding carboxylic acids is 1. The number of hydrogen-bond donors (Lipinski definition) is 2. The van der Waals surface area contributed by atoms with Gasteiger partial charge in [-0.05, 0) is 56.1 Å². The fourth-order valence-electron chi connectivity index (χ4n) is 3.00. The van der Waals surface area contributed by atoms with E-state index in [0.29, 0.717) is 12.6 Å². The third-order valence-electron chi connectivity index (χ3n) is 4.36. The highest BCUT2D eigenvalue weighted by atomic mass is 16.5. The van der Waals surface area contributed by atoms with E-state index in [1.165, 1.54) is 0 Å². The van der Waals surface area contributed by atoms with Gasteiger partial charge in [0, 0.05) is 18.5 Å². The topological polar surface area (TPSA) is 50.4 Å².